The van der Waals surface area contributed by atoms with Crippen LogP contribution in [0.5, 0.6) is 0 Å². The minimum Gasteiger partial charge on any atom is -0.446 e. The Morgan fingerprint density at radius 2 is 1.95 bits per heavy atom. The number of carbonyl (C=O) groups excluding carboxylic acids is 2. The lowest BCUT2D eigenvalue weighted by Gasteiger charge is -2.41. The monoisotopic (exact) mass is 302 g/mol. The van der Waals surface area contributed by atoms with Crippen molar-refractivity contribution in [2.45, 2.75) is 52.2 Å². The van der Waals surface area contributed by atoms with Crippen LogP contribution in [-0.2, 0) is 9.53 Å². The van der Waals surface area contributed by atoms with Crippen LogP contribution in [0.3, 0.4) is 0 Å². The molecule has 2 aliphatic rings. The van der Waals surface area contributed by atoms with E-state index in [1.54, 1.807) is 16.7 Å². The predicted octanol–water partition coefficient (Wildman–Crippen LogP) is 3.25. The third-order valence-corrected chi connectivity index (χ3v) is 4.45. The molecule has 0 saturated heterocycles. The summed E-state index contributed by atoms with van der Waals surface area (Å²) in [5, 5.41) is 0. The lowest BCUT2D eigenvalue weighted by molar-refractivity contribution is -0.117. The van der Waals surface area contributed by atoms with Crippen molar-refractivity contribution in [1.29, 1.82) is 0 Å². The van der Waals surface area contributed by atoms with Gasteiger partial charge in [-0.2, -0.15) is 0 Å². The van der Waals surface area contributed by atoms with Gasteiger partial charge >= 0.3 is 6.09 Å². The van der Waals surface area contributed by atoms with Gasteiger partial charge < -0.3 is 9.64 Å². The van der Waals surface area contributed by atoms with Gasteiger partial charge in [-0.05, 0) is 50.8 Å². The molecular formula is C17H22N2O3. The van der Waals surface area contributed by atoms with Crippen molar-refractivity contribution in [3.8, 4) is 0 Å². The molecule has 0 bridgehead atoms. The highest BCUT2D eigenvalue weighted by Gasteiger charge is 2.35. The zero-order valence-corrected chi connectivity index (χ0v) is 13.3. The summed E-state index contributed by atoms with van der Waals surface area (Å²) >= 11 is 0. The molecule has 1 atom stereocenters. The van der Waals surface area contributed by atoms with E-state index in [-0.39, 0.29) is 24.1 Å². The quantitative estimate of drug-likeness (QED) is 0.800. The molecule has 2 amide bonds. The van der Waals surface area contributed by atoms with Crippen molar-refractivity contribution >= 4 is 23.4 Å². The van der Waals surface area contributed by atoms with Gasteiger partial charge in [-0.15, -0.1) is 0 Å². The van der Waals surface area contributed by atoms with Crippen molar-refractivity contribution in [3.05, 3.63) is 23.8 Å². The van der Waals surface area contributed by atoms with Crippen LogP contribution in [0.1, 0.15) is 38.7 Å². The molecule has 5 heteroatoms. The fourth-order valence-corrected chi connectivity index (χ4v) is 3.08. The summed E-state index contributed by atoms with van der Waals surface area (Å²) in [6.45, 7) is 5.95. The average molecular weight is 302 g/mol. The van der Waals surface area contributed by atoms with Crippen molar-refractivity contribution < 1.29 is 14.3 Å². The van der Waals surface area contributed by atoms with E-state index in [1.165, 1.54) is 0 Å². The first-order chi connectivity index (χ1) is 10.5. The van der Waals surface area contributed by atoms with Crippen LogP contribution in [0.25, 0.3) is 0 Å². The summed E-state index contributed by atoms with van der Waals surface area (Å²) in [4.78, 5) is 27.9. The number of anilines is 2. The highest BCUT2D eigenvalue weighted by Crippen LogP contribution is 2.37. The standard InChI is InChI=1S/C17H22N2O3/c1-11-7-8-15-16(9-11)18(10-12(2)19(15)13(3)20)17(21)22-14-5-4-6-14/h7-9,12,14H,4-6,10H2,1-3H3/t12-/m0/s1. The molecule has 22 heavy (non-hydrogen) atoms. The molecule has 1 saturated carbocycles. The number of hydrogen-bond donors (Lipinski definition) is 0. The van der Waals surface area contributed by atoms with Gasteiger partial charge in [0.2, 0.25) is 5.91 Å². The highest BCUT2D eigenvalue weighted by atomic mass is 16.6. The maximum absolute atomic E-state index is 12.5. The Labute approximate surface area is 130 Å². The van der Waals surface area contributed by atoms with Crippen LogP contribution in [-0.4, -0.2) is 30.7 Å². The number of hydrogen-bond acceptors (Lipinski definition) is 3. The molecule has 118 valence electrons. The number of amides is 2. The van der Waals surface area contributed by atoms with Crippen LogP contribution in [0.15, 0.2) is 18.2 Å². The molecule has 1 aliphatic carbocycles. The van der Waals surface area contributed by atoms with Crippen LogP contribution in [0.4, 0.5) is 16.2 Å². The third kappa shape index (κ3) is 2.56. The number of carbonyl (C=O) groups is 2. The number of fused-ring (bicyclic) bond motifs is 1. The number of nitrogens with zero attached hydrogens (tertiary/aromatic N) is 2. The maximum Gasteiger partial charge on any atom is 0.414 e. The minimum atomic E-state index is -0.299. The van der Waals surface area contributed by atoms with Gasteiger partial charge in [0.1, 0.15) is 6.10 Å². The number of ether oxygens (including phenoxy) is 1. The molecule has 0 aromatic heterocycles. The fraction of sp³-hybridized carbons (Fsp3) is 0.529. The Bertz CT molecular complexity index is 610. The van der Waals surface area contributed by atoms with E-state index in [0.717, 1.165) is 36.2 Å². The Hall–Kier alpha value is -2.04. The lowest BCUT2D eigenvalue weighted by Crippen LogP contribution is -2.52. The molecule has 1 heterocycles. The predicted molar refractivity (Wildman–Crippen MR) is 85.3 cm³/mol. The summed E-state index contributed by atoms with van der Waals surface area (Å²) < 4.78 is 5.55. The van der Waals surface area contributed by atoms with Crippen LogP contribution < -0.4 is 9.80 Å². The van der Waals surface area contributed by atoms with Gasteiger partial charge in [-0.3, -0.25) is 9.69 Å². The first-order valence-electron chi connectivity index (χ1n) is 7.86. The SMILES string of the molecule is CC(=O)N1c2ccc(C)cc2N(C(=O)OC2CCC2)C[C@@H]1C. The van der Waals surface area contributed by atoms with Gasteiger partial charge in [-0.25, -0.2) is 4.79 Å². The van der Waals surface area contributed by atoms with Crippen molar-refractivity contribution in [3.63, 3.8) is 0 Å². The van der Waals surface area contributed by atoms with E-state index < -0.39 is 0 Å². The van der Waals surface area contributed by atoms with Crippen molar-refractivity contribution in [2.75, 3.05) is 16.3 Å². The number of benzene rings is 1. The third-order valence-electron chi connectivity index (χ3n) is 4.45. The summed E-state index contributed by atoms with van der Waals surface area (Å²) in [5.74, 6) is -0.00962. The summed E-state index contributed by atoms with van der Waals surface area (Å²) in [7, 11) is 0. The largest absolute Gasteiger partial charge is 0.446 e. The Balaban J connectivity index is 1.94. The van der Waals surface area contributed by atoms with E-state index in [2.05, 4.69) is 0 Å². The minimum absolute atomic E-state index is 0.00962. The second kappa shape index (κ2) is 5.63. The molecular weight excluding hydrogens is 280 g/mol. The number of aryl methyl sites for hydroxylation is 1. The Kier molecular flexibility index (Phi) is 3.81. The molecule has 0 spiro atoms. The zero-order valence-electron chi connectivity index (χ0n) is 13.3. The molecule has 1 fully saturated rings. The van der Waals surface area contributed by atoms with Gasteiger partial charge in [0.05, 0.1) is 17.4 Å². The molecule has 0 N–H and O–H groups in total. The van der Waals surface area contributed by atoms with E-state index in [9.17, 15) is 9.59 Å². The zero-order chi connectivity index (χ0) is 15.9. The van der Waals surface area contributed by atoms with Crippen molar-refractivity contribution in [2.24, 2.45) is 0 Å². The normalized spacial score (nSPS) is 21.1. The first kappa shape index (κ1) is 14.9. The van der Waals surface area contributed by atoms with E-state index in [0.29, 0.717) is 6.54 Å². The lowest BCUT2D eigenvalue weighted by atomic mass is 9.96. The second-order valence-electron chi connectivity index (χ2n) is 6.28. The van der Waals surface area contributed by atoms with Gasteiger partial charge in [0.25, 0.3) is 0 Å². The maximum atomic E-state index is 12.5. The van der Waals surface area contributed by atoms with E-state index in [4.69, 9.17) is 4.74 Å². The Morgan fingerprint density at radius 3 is 2.55 bits per heavy atom. The van der Waals surface area contributed by atoms with Crippen molar-refractivity contribution in [1.82, 2.24) is 0 Å². The molecule has 5 nitrogen and oxygen atoms in total. The molecule has 1 aliphatic heterocycles. The van der Waals surface area contributed by atoms with Crippen LogP contribution in [0.2, 0.25) is 0 Å². The average Bonchev–Trinajstić information content (AvgIpc) is 2.41. The van der Waals surface area contributed by atoms with Crippen LogP contribution in [0, 0.1) is 6.92 Å². The number of rotatable bonds is 1. The summed E-state index contributed by atoms with van der Waals surface area (Å²) in [6.07, 6.45) is 2.79. The topological polar surface area (TPSA) is 49.9 Å². The van der Waals surface area contributed by atoms with Gasteiger partial charge in [-0.1, -0.05) is 6.07 Å². The molecule has 1 aromatic rings. The smallest absolute Gasteiger partial charge is 0.414 e. The molecule has 3 rings (SSSR count). The fourth-order valence-electron chi connectivity index (χ4n) is 3.08. The van der Waals surface area contributed by atoms with Gasteiger partial charge in [0, 0.05) is 13.5 Å². The molecule has 1 aromatic carbocycles. The van der Waals surface area contributed by atoms with E-state index >= 15 is 0 Å². The summed E-state index contributed by atoms with van der Waals surface area (Å²) in [5.41, 5.74) is 2.60. The van der Waals surface area contributed by atoms with Gasteiger partial charge in [0.15, 0.2) is 0 Å². The summed E-state index contributed by atoms with van der Waals surface area (Å²) in [6, 6.07) is 5.74. The Morgan fingerprint density at radius 1 is 1.23 bits per heavy atom. The van der Waals surface area contributed by atoms with Crippen LogP contribution >= 0.6 is 0 Å². The second-order valence-corrected chi connectivity index (χ2v) is 6.28. The molecule has 0 radical (unpaired) electrons. The van der Waals surface area contributed by atoms with E-state index in [1.807, 2.05) is 32.0 Å². The highest BCUT2D eigenvalue weighted by molar-refractivity contribution is 6.02. The first-order valence-corrected chi connectivity index (χ1v) is 7.86. The molecule has 0 unspecified atom stereocenters.